The largest absolute Gasteiger partial charge is 0.569 e. The molecule has 0 amide bonds. The van der Waals surface area contributed by atoms with Gasteiger partial charge in [-0.2, -0.15) is 0 Å². The predicted octanol–water partition coefficient (Wildman–Crippen LogP) is 2.82. The summed E-state index contributed by atoms with van der Waals surface area (Å²) in [7, 11) is 0.686. The molecule has 2 aromatic carbocycles. The van der Waals surface area contributed by atoms with Crippen molar-refractivity contribution >= 4 is 7.69 Å². The average molecular weight is 225 g/mol. The summed E-state index contributed by atoms with van der Waals surface area (Å²) in [6.45, 7) is 2.15. The first-order valence-corrected chi connectivity index (χ1v) is 5.65. The molecule has 0 heterocycles. The summed E-state index contributed by atoms with van der Waals surface area (Å²) in [5.74, 6) is 0.626. The van der Waals surface area contributed by atoms with E-state index in [2.05, 4.69) is 31.2 Å². The van der Waals surface area contributed by atoms with Crippen molar-refractivity contribution in [3.63, 3.8) is 0 Å². The molecule has 0 aliphatic heterocycles. The van der Waals surface area contributed by atoms with Gasteiger partial charge in [0.1, 0.15) is 5.75 Å². The van der Waals surface area contributed by atoms with Gasteiger partial charge in [-0.3, -0.25) is 0 Å². The Kier molecular flexibility index (Phi) is 3.83. The average Bonchev–Trinajstić information content (AvgIpc) is 2.40. The second kappa shape index (κ2) is 5.55. The van der Waals surface area contributed by atoms with E-state index in [-0.39, 0.29) is 0 Å². The van der Waals surface area contributed by atoms with Gasteiger partial charge in [0.05, 0.1) is 0 Å². The summed E-state index contributed by atoms with van der Waals surface area (Å²) < 4.78 is 4.86. The molecule has 85 valence electrons. The molecule has 2 aromatic rings. The zero-order valence-corrected chi connectivity index (χ0v) is 9.76. The number of benzene rings is 2. The van der Waals surface area contributed by atoms with Crippen molar-refractivity contribution in [3.8, 4) is 16.9 Å². The lowest BCUT2D eigenvalue weighted by Gasteiger charge is -2.05. The molecule has 3 heteroatoms. The van der Waals surface area contributed by atoms with Crippen molar-refractivity contribution < 1.29 is 9.68 Å². The van der Waals surface area contributed by atoms with E-state index in [0.29, 0.717) is 13.4 Å². The highest BCUT2D eigenvalue weighted by Crippen LogP contribution is 2.22. The summed E-state index contributed by atoms with van der Waals surface area (Å²) in [6, 6.07) is 16.1. The first-order valence-electron chi connectivity index (χ1n) is 5.65. The van der Waals surface area contributed by atoms with Crippen LogP contribution in [0.1, 0.15) is 12.5 Å². The van der Waals surface area contributed by atoms with Crippen molar-refractivity contribution in [3.05, 3.63) is 54.1 Å². The van der Waals surface area contributed by atoms with Crippen LogP contribution in [0.4, 0.5) is 0 Å². The molecule has 0 bridgehead atoms. The van der Waals surface area contributed by atoms with Crippen LogP contribution in [0.3, 0.4) is 0 Å². The standard InChI is InChI=1S/C14H14BO2/c1-2-11-3-5-12(6-4-11)13-7-9-14(10-8-13)17-15-16/h3-10,16H,2H2,1H3. The van der Waals surface area contributed by atoms with Crippen LogP contribution in [-0.2, 0) is 6.42 Å². The smallest absolute Gasteiger partial charge is 0.537 e. The van der Waals surface area contributed by atoms with Crippen LogP contribution < -0.4 is 4.65 Å². The summed E-state index contributed by atoms with van der Waals surface area (Å²) in [5.41, 5.74) is 3.66. The zero-order valence-electron chi connectivity index (χ0n) is 9.76. The first kappa shape index (κ1) is 11.7. The highest BCUT2D eigenvalue weighted by molar-refractivity contribution is 6.17. The Morgan fingerprint density at radius 2 is 1.47 bits per heavy atom. The van der Waals surface area contributed by atoms with E-state index < -0.39 is 0 Å². The second-order valence-corrected chi connectivity index (χ2v) is 3.80. The molecular weight excluding hydrogens is 211 g/mol. The molecule has 0 aromatic heterocycles. The van der Waals surface area contributed by atoms with Crippen molar-refractivity contribution in [2.75, 3.05) is 0 Å². The summed E-state index contributed by atoms with van der Waals surface area (Å²) >= 11 is 0. The molecule has 0 aliphatic carbocycles. The van der Waals surface area contributed by atoms with Crippen LogP contribution in [0.2, 0.25) is 0 Å². The van der Waals surface area contributed by atoms with Crippen LogP contribution in [0, 0.1) is 0 Å². The number of hydrogen-bond donors (Lipinski definition) is 1. The Bertz CT molecular complexity index is 463. The van der Waals surface area contributed by atoms with Gasteiger partial charge in [-0.25, -0.2) is 0 Å². The molecule has 1 radical (unpaired) electrons. The maximum atomic E-state index is 8.52. The SMILES string of the molecule is CCc1ccc(-c2ccc(O[B]O)cc2)cc1. The summed E-state index contributed by atoms with van der Waals surface area (Å²) in [4.78, 5) is 0. The van der Waals surface area contributed by atoms with E-state index in [1.165, 1.54) is 11.1 Å². The van der Waals surface area contributed by atoms with Crippen molar-refractivity contribution in [2.45, 2.75) is 13.3 Å². The van der Waals surface area contributed by atoms with Crippen molar-refractivity contribution in [1.82, 2.24) is 0 Å². The van der Waals surface area contributed by atoms with Crippen LogP contribution >= 0.6 is 0 Å². The minimum absolute atomic E-state index is 0.626. The van der Waals surface area contributed by atoms with Gasteiger partial charge < -0.3 is 9.68 Å². The molecule has 2 nitrogen and oxygen atoms in total. The fourth-order valence-electron chi connectivity index (χ4n) is 1.72. The fraction of sp³-hybridized carbons (Fsp3) is 0.143. The molecule has 0 saturated heterocycles. The predicted molar refractivity (Wildman–Crippen MR) is 69.9 cm³/mol. The van der Waals surface area contributed by atoms with Crippen LogP contribution in [0.5, 0.6) is 5.75 Å². The molecule has 0 saturated carbocycles. The lowest BCUT2D eigenvalue weighted by atomic mass is 10.0. The van der Waals surface area contributed by atoms with E-state index in [1.807, 2.05) is 24.3 Å². The van der Waals surface area contributed by atoms with E-state index in [0.717, 1.165) is 12.0 Å². The van der Waals surface area contributed by atoms with Gasteiger partial charge in [0.2, 0.25) is 0 Å². The van der Waals surface area contributed by atoms with Gasteiger partial charge in [-0.15, -0.1) is 0 Å². The van der Waals surface area contributed by atoms with Gasteiger partial charge in [0.25, 0.3) is 0 Å². The topological polar surface area (TPSA) is 29.5 Å². The molecule has 0 aliphatic rings. The van der Waals surface area contributed by atoms with Gasteiger partial charge in [0.15, 0.2) is 0 Å². The molecular formula is C14H14BO2. The Labute approximate surface area is 102 Å². The first-order chi connectivity index (χ1) is 8.33. The van der Waals surface area contributed by atoms with E-state index in [1.54, 1.807) is 0 Å². The Hall–Kier alpha value is -1.74. The normalized spacial score (nSPS) is 10.0. The van der Waals surface area contributed by atoms with E-state index in [9.17, 15) is 0 Å². The highest BCUT2D eigenvalue weighted by Gasteiger charge is 1.99. The zero-order chi connectivity index (χ0) is 12.1. The number of rotatable bonds is 4. The van der Waals surface area contributed by atoms with Gasteiger partial charge in [-0.05, 0) is 35.2 Å². The molecule has 2 rings (SSSR count). The quantitative estimate of drug-likeness (QED) is 0.810. The second-order valence-electron chi connectivity index (χ2n) is 3.80. The van der Waals surface area contributed by atoms with E-state index >= 15 is 0 Å². The van der Waals surface area contributed by atoms with Crippen molar-refractivity contribution in [1.29, 1.82) is 0 Å². The van der Waals surface area contributed by atoms with Crippen LogP contribution in [-0.4, -0.2) is 12.7 Å². The van der Waals surface area contributed by atoms with E-state index in [4.69, 9.17) is 9.68 Å². The molecule has 0 spiro atoms. The summed E-state index contributed by atoms with van der Waals surface area (Å²) in [5, 5.41) is 8.52. The third-order valence-corrected chi connectivity index (χ3v) is 2.74. The third-order valence-electron chi connectivity index (χ3n) is 2.74. The fourth-order valence-corrected chi connectivity index (χ4v) is 1.72. The van der Waals surface area contributed by atoms with Gasteiger partial charge in [0, 0.05) is 0 Å². The molecule has 0 unspecified atom stereocenters. The summed E-state index contributed by atoms with van der Waals surface area (Å²) in [6.07, 6.45) is 1.05. The Morgan fingerprint density at radius 3 is 1.94 bits per heavy atom. The number of hydrogen-bond acceptors (Lipinski definition) is 2. The minimum Gasteiger partial charge on any atom is -0.537 e. The van der Waals surface area contributed by atoms with Crippen LogP contribution in [0.15, 0.2) is 48.5 Å². The highest BCUT2D eigenvalue weighted by atomic mass is 16.5. The molecule has 0 atom stereocenters. The Morgan fingerprint density at radius 1 is 0.941 bits per heavy atom. The lowest BCUT2D eigenvalue weighted by Crippen LogP contribution is -1.99. The number of aryl methyl sites for hydroxylation is 1. The maximum Gasteiger partial charge on any atom is 0.569 e. The van der Waals surface area contributed by atoms with Crippen LogP contribution in [0.25, 0.3) is 11.1 Å². The monoisotopic (exact) mass is 225 g/mol. The molecule has 1 N–H and O–H groups in total. The Balaban J connectivity index is 2.20. The minimum atomic E-state index is 0.626. The lowest BCUT2D eigenvalue weighted by molar-refractivity contribution is 0.454. The third kappa shape index (κ3) is 2.89. The van der Waals surface area contributed by atoms with Gasteiger partial charge >= 0.3 is 7.69 Å². The van der Waals surface area contributed by atoms with Crippen molar-refractivity contribution in [2.24, 2.45) is 0 Å². The van der Waals surface area contributed by atoms with Gasteiger partial charge in [-0.1, -0.05) is 43.3 Å². The molecule has 17 heavy (non-hydrogen) atoms. The molecule has 0 fully saturated rings. The maximum absolute atomic E-state index is 8.52.